The molecule has 6 nitrogen and oxygen atoms in total. The highest BCUT2D eigenvalue weighted by Crippen LogP contribution is 2.72. The summed E-state index contributed by atoms with van der Waals surface area (Å²) in [5.41, 5.74) is -8.05. The zero-order valence-electron chi connectivity index (χ0n) is 20.0. The molecule has 4 rings (SSSR count). The van der Waals surface area contributed by atoms with E-state index in [0.29, 0.717) is 0 Å². The average Bonchev–Trinajstić information content (AvgIpc) is 3.00. The molecule has 0 aromatic rings. The van der Waals surface area contributed by atoms with Gasteiger partial charge in [-0.2, -0.15) is 0 Å². The monoisotopic (exact) mass is 484 g/mol. The normalized spacial score (nSPS) is 47.6. The number of allylic oxidation sites excluding steroid dienone is 4. The Morgan fingerprint density at radius 2 is 1.88 bits per heavy atom. The minimum absolute atomic E-state index is 0.0118. The Kier molecular flexibility index (Phi) is 5.63. The van der Waals surface area contributed by atoms with Crippen LogP contribution in [-0.4, -0.2) is 53.5 Å². The van der Waals surface area contributed by atoms with Crippen LogP contribution >= 0.6 is 0 Å². The van der Waals surface area contributed by atoms with Crippen LogP contribution in [0.25, 0.3) is 0 Å². The first-order chi connectivity index (χ1) is 15.8. The number of aliphatic hydroxyl groups is 1. The van der Waals surface area contributed by atoms with E-state index in [1.165, 1.54) is 6.92 Å². The number of carbonyl (C=O) groups is 3. The van der Waals surface area contributed by atoms with E-state index in [1.807, 2.05) is 0 Å². The van der Waals surface area contributed by atoms with Crippen molar-refractivity contribution < 1.29 is 42.1 Å². The maximum Gasteiger partial charge on any atom is 0.351 e. The van der Waals surface area contributed by atoms with Crippen LogP contribution in [0.3, 0.4) is 0 Å². The molecule has 0 aromatic heterocycles. The maximum atomic E-state index is 17.2. The molecule has 3 saturated carbocycles. The van der Waals surface area contributed by atoms with Gasteiger partial charge in [-0.3, -0.25) is 9.59 Å². The van der Waals surface area contributed by atoms with Crippen LogP contribution < -0.4 is 0 Å². The van der Waals surface area contributed by atoms with Crippen molar-refractivity contribution >= 4 is 17.7 Å². The summed E-state index contributed by atoms with van der Waals surface area (Å²) in [6.07, 6.45) is -2.25. The Labute approximate surface area is 196 Å². The molecule has 4 aliphatic carbocycles. The Morgan fingerprint density at radius 3 is 2.47 bits per heavy atom. The van der Waals surface area contributed by atoms with E-state index in [0.717, 1.165) is 19.3 Å². The van der Waals surface area contributed by atoms with Crippen molar-refractivity contribution in [2.45, 2.75) is 76.9 Å². The number of carbonyl (C=O) groups excluding carboxylic acids is 3. The number of ketones is 1. The van der Waals surface area contributed by atoms with Gasteiger partial charge in [-0.25, -0.2) is 18.0 Å². The molecule has 34 heavy (non-hydrogen) atoms. The van der Waals surface area contributed by atoms with Crippen LogP contribution in [-0.2, 0) is 23.9 Å². The molecule has 9 heteroatoms. The molecule has 0 amide bonds. The molecule has 0 aromatic carbocycles. The minimum Gasteiger partial charge on any atom is -0.466 e. The van der Waals surface area contributed by atoms with Crippen molar-refractivity contribution in [1.82, 2.24) is 0 Å². The first-order valence-corrected chi connectivity index (χ1v) is 11.7. The number of hydrogen-bond donors (Lipinski definition) is 1. The molecular weight excluding hydrogens is 453 g/mol. The van der Waals surface area contributed by atoms with Gasteiger partial charge in [0.15, 0.2) is 11.5 Å². The fourth-order valence-electron chi connectivity index (χ4n) is 7.71. The molecule has 0 bridgehead atoms. The summed E-state index contributed by atoms with van der Waals surface area (Å²) >= 11 is 0. The highest BCUT2D eigenvalue weighted by Gasteiger charge is 2.79. The SMILES string of the molecule is CCC(=O)OC1(C(=O)OC)C(C)C[C@H]2[C@@H]3CC(F)C4=C(F)C(=O)C=C[C@]4(C)[C@]3(F)C(O)C[C@@]21C. The number of rotatable bonds is 3. The molecule has 4 unspecified atom stereocenters. The smallest absolute Gasteiger partial charge is 0.351 e. The highest BCUT2D eigenvalue weighted by atomic mass is 19.2. The largest absolute Gasteiger partial charge is 0.466 e. The Bertz CT molecular complexity index is 1010. The van der Waals surface area contributed by atoms with Crippen molar-refractivity contribution in [3.8, 4) is 0 Å². The summed E-state index contributed by atoms with van der Waals surface area (Å²) in [5, 5.41) is 11.3. The zero-order chi connectivity index (χ0) is 25.4. The second kappa shape index (κ2) is 7.67. The Hall–Kier alpha value is -2.16. The number of esters is 2. The third-order valence-electron chi connectivity index (χ3n) is 9.30. The summed E-state index contributed by atoms with van der Waals surface area (Å²) in [5.74, 6) is -6.24. The summed E-state index contributed by atoms with van der Waals surface area (Å²) in [6.45, 7) is 6.21. The summed E-state index contributed by atoms with van der Waals surface area (Å²) < 4.78 is 58.3. The molecule has 0 radical (unpaired) electrons. The molecule has 9 atom stereocenters. The molecule has 1 N–H and O–H groups in total. The van der Waals surface area contributed by atoms with Crippen molar-refractivity contribution in [3.05, 3.63) is 23.6 Å². The number of ether oxygens (including phenoxy) is 2. The van der Waals surface area contributed by atoms with Gasteiger partial charge < -0.3 is 14.6 Å². The van der Waals surface area contributed by atoms with Gasteiger partial charge in [-0.15, -0.1) is 0 Å². The average molecular weight is 485 g/mol. The van der Waals surface area contributed by atoms with Gasteiger partial charge in [0.25, 0.3) is 0 Å². The molecule has 4 aliphatic rings. The molecule has 0 saturated heterocycles. The number of alkyl halides is 2. The van der Waals surface area contributed by atoms with Crippen LogP contribution in [0.5, 0.6) is 0 Å². The third-order valence-corrected chi connectivity index (χ3v) is 9.30. The number of hydrogen-bond acceptors (Lipinski definition) is 6. The molecule has 0 heterocycles. The Balaban J connectivity index is 1.90. The van der Waals surface area contributed by atoms with E-state index in [-0.39, 0.29) is 19.3 Å². The molecule has 0 spiro atoms. The summed E-state index contributed by atoms with van der Waals surface area (Å²) in [7, 11) is 1.16. The zero-order valence-corrected chi connectivity index (χ0v) is 20.0. The molecule has 3 fully saturated rings. The fraction of sp³-hybridized carbons (Fsp3) is 0.720. The van der Waals surface area contributed by atoms with Crippen LogP contribution in [0.15, 0.2) is 23.6 Å². The first-order valence-electron chi connectivity index (χ1n) is 11.7. The van der Waals surface area contributed by atoms with Gasteiger partial charge in [0, 0.05) is 34.7 Å². The number of halogens is 3. The van der Waals surface area contributed by atoms with Crippen LogP contribution in [0.1, 0.15) is 53.4 Å². The van der Waals surface area contributed by atoms with E-state index in [4.69, 9.17) is 9.47 Å². The summed E-state index contributed by atoms with van der Waals surface area (Å²) in [4.78, 5) is 37.5. The minimum atomic E-state index is -2.51. The first kappa shape index (κ1) is 24.9. The quantitative estimate of drug-likeness (QED) is 0.615. The van der Waals surface area contributed by atoms with Gasteiger partial charge in [0.1, 0.15) is 6.17 Å². The van der Waals surface area contributed by atoms with E-state index < -0.39 is 87.7 Å². The number of fused-ring (bicyclic) bond motifs is 5. The fourth-order valence-corrected chi connectivity index (χ4v) is 7.71. The lowest BCUT2D eigenvalue weighted by Gasteiger charge is -2.62. The lowest BCUT2D eigenvalue weighted by atomic mass is 9.44. The van der Waals surface area contributed by atoms with Crippen molar-refractivity contribution in [1.29, 1.82) is 0 Å². The standard InChI is InChI=1S/C25H31F3O6/c1-6-18(31)34-25(21(32)33-5)12(2)9-13-14-10-15(26)19-20(27)16(29)7-8-22(19,3)24(14,28)17(30)11-23(13,25)4/h7-8,12-15,17,30H,6,9-11H2,1-5H3/t12?,13-,14-,15?,17?,22-,23-,24+,25?/m0/s1. The van der Waals surface area contributed by atoms with Crippen molar-refractivity contribution in [2.24, 2.45) is 28.6 Å². The van der Waals surface area contributed by atoms with Gasteiger partial charge >= 0.3 is 11.9 Å². The second-order valence-electron chi connectivity index (χ2n) is 10.6. The molecular formula is C25H31F3O6. The van der Waals surface area contributed by atoms with E-state index in [1.54, 1.807) is 20.8 Å². The highest BCUT2D eigenvalue weighted by molar-refractivity contribution is 6.04. The van der Waals surface area contributed by atoms with E-state index in [9.17, 15) is 23.9 Å². The maximum absolute atomic E-state index is 17.2. The predicted molar refractivity (Wildman–Crippen MR) is 114 cm³/mol. The number of aliphatic hydroxyl groups excluding tert-OH is 1. The third kappa shape index (κ3) is 2.70. The molecule has 0 aliphatic heterocycles. The van der Waals surface area contributed by atoms with Gasteiger partial charge in [0.05, 0.1) is 13.2 Å². The van der Waals surface area contributed by atoms with Crippen LogP contribution in [0.2, 0.25) is 0 Å². The van der Waals surface area contributed by atoms with Crippen LogP contribution in [0.4, 0.5) is 13.2 Å². The predicted octanol–water partition coefficient (Wildman–Crippen LogP) is 3.71. The lowest BCUT2D eigenvalue weighted by Crippen LogP contribution is -2.71. The van der Waals surface area contributed by atoms with Gasteiger partial charge in [-0.1, -0.05) is 26.8 Å². The lowest BCUT2D eigenvalue weighted by molar-refractivity contribution is -0.238. The van der Waals surface area contributed by atoms with Crippen LogP contribution in [0, 0.1) is 28.6 Å². The van der Waals surface area contributed by atoms with Gasteiger partial charge in [0.2, 0.25) is 11.4 Å². The van der Waals surface area contributed by atoms with Gasteiger partial charge in [-0.05, 0) is 38.2 Å². The second-order valence-corrected chi connectivity index (χ2v) is 10.6. The summed E-state index contributed by atoms with van der Waals surface area (Å²) in [6, 6.07) is 0. The number of methoxy groups -OCH3 is 1. The Morgan fingerprint density at radius 1 is 1.24 bits per heavy atom. The van der Waals surface area contributed by atoms with Crippen molar-refractivity contribution in [2.75, 3.05) is 7.11 Å². The topological polar surface area (TPSA) is 89.9 Å². The molecule has 188 valence electrons. The van der Waals surface area contributed by atoms with E-state index >= 15 is 8.78 Å². The van der Waals surface area contributed by atoms with E-state index in [2.05, 4.69) is 0 Å². The van der Waals surface area contributed by atoms with Crippen molar-refractivity contribution in [3.63, 3.8) is 0 Å².